The van der Waals surface area contributed by atoms with Crippen molar-refractivity contribution < 1.29 is 13.9 Å². The first-order chi connectivity index (χ1) is 9.20. The van der Waals surface area contributed by atoms with E-state index in [1.54, 1.807) is 0 Å². The monoisotopic (exact) mass is 261 g/mol. The Balaban J connectivity index is 1.89. The number of ether oxygens (including phenoxy) is 1. The van der Waals surface area contributed by atoms with Crippen molar-refractivity contribution in [1.29, 1.82) is 0 Å². The Morgan fingerprint density at radius 3 is 2.95 bits per heavy atom. The molecule has 19 heavy (non-hydrogen) atoms. The number of carbonyl (C=O) groups is 1. The summed E-state index contributed by atoms with van der Waals surface area (Å²) in [6.07, 6.45) is 0.373. The van der Waals surface area contributed by atoms with E-state index in [0.717, 1.165) is 16.7 Å². The molecule has 4 nitrogen and oxygen atoms in total. The largest absolute Gasteiger partial charge is 0.466 e. The Morgan fingerprint density at radius 1 is 1.42 bits per heavy atom. The van der Waals surface area contributed by atoms with Gasteiger partial charge in [0.2, 0.25) is 0 Å². The fourth-order valence-electron chi connectivity index (χ4n) is 1.94. The SMILES string of the molecule is CCOC(=O)CCNC(C)c1cc2ccccc2o1. The van der Waals surface area contributed by atoms with E-state index in [9.17, 15) is 4.79 Å². The molecule has 0 saturated heterocycles. The van der Waals surface area contributed by atoms with Crippen molar-refractivity contribution in [2.45, 2.75) is 26.3 Å². The predicted octanol–water partition coefficient (Wildman–Crippen LogP) is 3.04. The van der Waals surface area contributed by atoms with Crippen LogP contribution in [0.1, 0.15) is 32.1 Å². The summed E-state index contributed by atoms with van der Waals surface area (Å²) >= 11 is 0. The van der Waals surface area contributed by atoms with Crippen LogP contribution in [-0.4, -0.2) is 19.1 Å². The number of furan rings is 1. The van der Waals surface area contributed by atoms with Gasteiger partial charge < -0.3 is 14.5 Å². The molecule has 0 fully saturated rings. The van der Waals surface area contributed by atoms with Crippen LogP contribution in [0.4, 0.5) is 0 Å². The van der Waals surface area contributed by atoms with E-state index in [2.05, 4.69) is 5.32 Å². The summed E-state index contributed by atoms with van der Waals surface area (Å²) in [5, 5.41) is 4.35. The third kappa shape index (κ3) is 3.58. The van der Waals surface area contributed by atoms with Crippen LogP contribution in [0.3, 0.4) is 0 Å². The van der Waals surface area contributed by atoms with Crippen LogP contribution in [0.25, 0.3) is 11.0 Å². The van der Waals surface area contributed by atoms with Gasteiger partial charge in [0.15, 0.2) is 0 Å². The highest BCUT2D eigenvalue weighted by atomic mass is 16.5. The smallest absolute Gasteiger partial charge is 0.307 e. The Bertz CT molecular complexity index is 514. The van der Waals surface area contributed by atoms with E-state index in [4.69, 9.17) is 9.15 Å². The highest BCUT2D eigenvalue weighted by Gasteiger charge is 2.11. The summed E-state index contributed by atoms with van der Waals surface area (Å²) in [5.41, 5.74) is 0.886. The van der Waals surface area contributed by atoms with Gasteiger partial charge in [-0.25, -0.2) is 0 Å². The number of para-hydroxylation sites is 1. The van der Waals surface area contributed by atoms with Gasteiger partial charge in [-0.2, -0.15) is 0 Å². The average molecular weight is 261 g/mol. The second-order valence-corrected chi connectivity index (χ2v) is 4.42. The minimum Gasteiger partial charge on any atom is -0.466 e. The Morgan fingerprint density at radius 2 is 2.21 bits per heavy atom. The molecule has 0 aliphatic heterocycles. The van der Waals surface area contributed by atoms with E-state index in [-0.39, 0.29) is 12.0 Å². The summed E-state index contributed by atoms with van der Waals surface area (Å²) in [5.74, 6) is 0.705. The Labute approximate surface area is 112 Å². The molecule has 1 N–H and O–H groups in total. The molecule has 0 bridgehead atoms. The van der Waals surface area contributed by atoms with Gasteiger partial charge in [0, 0.05) is 11.9 Å². The number of benzene rings is 1. The number of hydrogen-bond acceptors (Lipinski definition) is 4. The lowest BCUT2D eigenvalue weighted by Gasteiger charge is -2.10. The topological polar surface area (TPSA) is 51.5 Å². The van der Waals surface area contributed by atoms with Crippen molar-refractivity contribution in [2.24, 2.45) is 0 Å². The number of rotatable bonds is 6. The van der Waals surface area contributed by atoms with Gasteiger partial charge in [0.25, 0.3) is 0 Å². The molecule has 1 aromatic carbocycles. The molecule has 0 aliphatic rings. The van der Waals surface area contributed by atoms with Gasteiger partial charge in [0.05, 0.1) is 19.1 Å². The van der Waals surface area contributed by atoms with Crippen LogP contribution >= 0.6 is 0 Å². The van der Waals surface area contributed by atoms with E-state index in [0.29, 0.717) is 19.6 Å². The standard InChI is InChI=1S/C15H19NO3/c1-3-18-15(17)8-9-16-11(2)14-10-12-6-4-5-7-13(12)19-14/h4-7,10-11,16H,3,8-9H2,1-2H3. The molecule has 2 aromatic rings. The number of esters is 1. The summed E-state index contributed by atoms with van der Waals surface area (Å²) in [4.78, 5) is 11.2. The first-order valence-electron chi connectivity index (χ1n) is 6.58. The zero-order valence-electron chi connectivity index (χ0n) is 11.3. The lowest BCUT2D eigenvalue weighted by atomic mass is 10.2. The predicted molar refractivity (Wildman–Crippen MR) is 73.9 cm³/mol. The molecule has 0 saturated carbocycles. The summed E-state index contributed by atoms with van der Waals surface area (Å²) in [6.45, 7) is 4.83. The van der Waals surface area contributed by atoms with E-state index >= 15 is 0 Å². The van der Waals surface area contributed by atoms with Crippen LogP contribution in [-0.2, 0) is 9.53 Å². The third-order valence-electron chi connectivity index (χ3n) is 2.96. The number of fused-ring (bicyclic) bond motifs is 1. The zero-order chi connectivity index (χ0) is 13.7. The number of carbonyl (C=O) groups excluding carboxylic acids is 1. The normalized spacial score (nSPS) is 12.5. The third-order valence-corrected chi connectivity index (χ3v) is 2.96. The Hall–Kier alpha value is -1.81. The highest BCUT2D eigenvalue weighted by molar-refractivity contribution is 5.77. The van der Waals surface area contributed by atoms with Crippen molar-refractivity contribution in [3.8, 4) is 0 Å². The molecule has 0 aliphatic carbocycles. The lowest BCUT2D eigenvalue weighted by molar-refractivity contribution is -0.143. The van der Waals surface area contributed by atoms with Gasteiger partial charge in [-0.05, 0) is 26.0 Å². The van der Waals surface area contributed by atoms with E-state index in [1.807, 2.05) is 44.2 Å². The van der Waals surface area contributed by atoms with Crippen LogP contribution in [0.15, 0.2) is 34.7 Å². The van der Waals surface area contributed by atoms with E-state index < -0.39 is 0 Å². The molecule has 1 atom stereocenters. The lowest BCUT2D eigenvalue weighted by Crippen LogP contribution is -2.22. The fourth-order valence-corrected chi connectivity index (χ4v) is 1.94. The number of nitrogens with one attached hydrogen (secondary N) is 1. The highest BCUT2D eigenvalue weighted by Crippen LogP contribution is 2.23. The molecular weight excluding hydrogens is 242 g/mol. The molecule has 1 aromatic heterocycles. The minimum absolute atomic E-state index is 0.0711. The van der Waals surface area contributed by atoms with Crippen molar-refractivity contribution in [3.05, 3.63) is 36.1 Å². The molecule has 2 rings (SSSR count). The second-order valence-electron chi connectivity index (χ2n) is 4.42. The van der Waals surface area contributed by atoms with Crippen LogP contribution in [0.2, 0.25) is 0 Å². The first-order valence-corrected chi connectivity index (χ1v) is 6.58. The zero-order valence-corrected chi connectivity index (χ0v) is 11.3. The molecule has 0 radical (unpaired) electrons. The minimum atomic E-state index is -0.174. The molecule has 4 heteroatoms. The molecular formula is C15H19NO3. The first kappa shape index (κ1) is 13.6. The van der Waals surface area contributed by atoms with Gasteiger partial charge >= 0.3 is 5.97 Å². The maximum atomic E-state index is 11.2. The van der Waals surface area contributed by atoms with Crippen LogP contribution in [0, 0.1) is 0 Å². The fraction of sp³-hybridized carbons (Fsp3) is 0.400. The summed E-state index contributed by atoms with van der Waals surface area (Å²) in [7, 11) is 0. The van der Waals surface area contributed by atoms with Gasteiger partial charge in [-0.3, -0.25) is 4.79 Å². The molecule has 0 spiro atoms. The molecule has 1 unspecified atom stereocenters. The molecule has 0 amide bonds. The quantitative estimate of drug-likeness (QED) is 0.812. The van der Waals surface area contributed by atoms with Gasteiger partial charge in [0.1, 0.15) is 11.3 Å². The van der Waals surface area contributed by atoms with E-state index in [1.165, 1.54) is 0 Å². The maximum absolute atomic E-state index is 11.2. The van der Waals surface area contributed by atoms with Crippen molar-refractivity contribution in [3.63, 3.8) is 0 Å². The average Bonchev–Trinajstić information content (AvgIpc) is 2.82. The summed E-state index contributed by atoms with van der Waals surface area (Å²) in [6, 6.07) is 10.0. The van der Waals surface area contributed by atoms with Gasteiger partial charge in [-0.1, -0.05) is 18.2 Å². The second kappa shape index (κ2) is 6.38. The number of hydrogen-bond donors (Lipinski definition) is 1. The molecule has 1 heterocycles. The summed E-state index contributed by atoms with van der Waals surface area (Å²) < 4.78 is 10.6. The van der Waals surface area contributed by atoms with Crippen molar-refractivity contribution in [1.82, 2.24) is 5.32 Å². The van der Waals surface area contributed by atoms with Crippen LogP contribution < -0.4 is 5.32 Å². The van der Waals surface area contributed by atoms with Crippen LogP contribution in [0.5, 0.6) is 0 Å². The van der Waals surface area contributed by atoms with Crippen molar-refractivity contribution >= 4 is 16.9 Å². The van der Waals surface area contributed by atoms with Gasteiger partial charge in [-0.15, -0.1) is 0 Å². The Kier molecular flexibility index (Phi) is 4.58. The molecule has 102 valence electrons. The van der Waals surface area contributed by atoms with Crippen molar-refractivity contribution in [2.75, 3.05) is 13.2 Å². The maximum Gasteiger partial charge on any atom is 0.307 e.